The van der Waals surface area contributed by atoms with E-state index in [0.717, 1.165) is 36.6 Å². The number of anilines is 2. The molecular weight excluding hydrogens is 540 g/mol. The number of amides is 4. The summed E-state index contributed by atoms with van der Waals surface area (Å²) >= 11 is 0. The van der Waals surface area contributed by atoms with Crippen molar-refractivity contribution in [2.24, 2.45) is 22.6 Å². The number of nitrogens with zero attached hydrogens (tertiary/aromatic N) is 4. The lowest BCUT2D eigenvalue weighted by Crippen LogP contribution is -2.54. The predicted octanol–water partition coefficient (Wildman–Crippen LogP) is 4.71. The number of primary amides is 1. The first-order chi connectivity index (χ1) is 20.3. The summed E-state index contributed by atoms with van der Waals surface area (Å²) in [6.45, 7) is 0.966. The van der Waals surface area contributed by atoms with E-state index in [1.165, 1.54) is 41.3 Å². The van der Waals surface area contributed by atoms with Crippen LogP contribution in [0.2, 0.25) is 0 Å². The standard InChI is InChI=1S/C32H31F2N5O3/c33-22-6-5-7-23(16-22)39(32(35)42)30-31(41)38(19-28(40)37-17-20-12-13-21(18-37)15-14-20)27-11-4-2-9-25(27)29(36-30)24-8-1-3-10-26(24)34/h1-11,16,20-21,30H,12-15,17-19H2,(H2,35,42)/t20?,21?,30-/m1/s1. The maximum atomic E-state index is 15.2. The summed E-state index contributed by atoms with van der Waals surface area (Å²) in [6, 6.07) is 16.8. The van der Waals surface area contributed by atoms with Crippen molar-refractivity contribution < 1.29 is 23.2 Å². The van der Waals surface area contributed by atoms with Crippen LogP contribution in [0.3, 0.4) is 0 Å². The molecule has 0 radical (unpaired) electrons. The number of urea groups is 1. The van der Waals surface area contributed by atoms with Gasteiger partial charge in [-0.3, -0.25) is 19.4 Å². The Hall–Kier alpha value is -4.60. The van der Waals surface area contributed by atoms with Crippen LogP contribution >= 0.6 is 0 Å². The summed E-state index contributed by atoms with van der Waals surface area (Å²) in [4.78, 5) is 49.8. The van der Waals surface area contributed by atoms with Crippen LogP contribution in [-0.4, -0.2) is 54.3 Å². The van der Waals surface area contributed by atoms with Gasteiger partial charge in [0.25, 0.3) is 5.91 Å². The maximum Gasteiger partial charge on any atom is 0.321 e. The quantitative estimate of drug-likeness (QED) is 0.480. The van der Waals surface area contributed by atoms with Crippen molar-refractivity contribution in [1.29, 1.82) is 0 Å². The molecule has 1 saturated carbocycles. The molecule has 42 heavy (non-hydrogen) atoms. The van der Waals surface area contributed by atoms with Crippen molar-refractivity contribution >= 4 is 34.9 Å². The second kappa shape index (κ2) is 11.3. The lowest BCUT2D eigenvalue weighted by Gasteiger charge is -2.32. The van der Waals surface area contributed by atoms with Crippen LogP contribution in [-0.2, 0) is 9.59 Å². The fourth-order valence-corrected chi connectivity index (χ4v) is 6.36. The van der Waals surface area contributed by atoms with Gasteiger partial charge in [0.1, 0.15) is 18.2 Å². The number of aliphatic imine (C=N–C) groups is 1. The first-order valence-corrected chi connectivity index (χ1v) is 14.2. The predicted molar refractivity (Wildman–Crippen MR) is 155 cm³/mol. The molecule has 4 amide bonds. The van der Waals surface area contributed by atoms with Gasteiger partial charge in [0.2, 0.25) is 12.1 Å². The first-order valence-electron chi connectivity index (χ1n) is 14.2. The van der Waals surface area contributed by atoms with Crippen molar-refractivity contribution in [3.8, 4) is 0 Å². The number of fused-ring (bicyclic) bond motifs is 5. The molecule has 10 heteroatoms. The lowest BCUT2D eigenvalue weighted by molar-refractivity contribution is -0.132. The molecule has 3 aromatic carbocycles. The van der Waals surface area contributed by atoms with Crippen molar-refractivity contribution in [2.75, 3.05) is 29.4 Å². The summed E-state index contributed by atoms with van der Waals surface area (Å²) in [5, 5.41) is 0. The van der Waals surface area contributed by atoms with Crippen LogP contribution in [0.1, 0.15) is 36.8 Å². The molecule has 2 bridgehead atoms. The molecule has 0 aromatic heterocycles. The molecule has 3 heterocycles. The van der Waals surface area contributed by atoms with Gasteiger partial charge in [-0.25, -0.2) is 18.6 Å². The average molecular weight is 572 g/mol. The topological polar surface area (TPSA) is 99.3 Å². The molecule has 3 aliphatic heterocycles. The zero-order valence-electron chi connectivity index (χ0n) is 23.0. The molecule has 0 spiro atoms. The number of benzene rings is 3. The Balaban J connectivity index is 1.48. The number of hydrogen-bond donors (Lipinski definition) is 1. The third-order valence-electron chi connectivity index (χ3n) is 8.46. The first kappa shape index (κ1) is 27.6. The smallest absolute Gasteiger partial charge is 0.321 e. The Morgan fingerprint density at radius 2 is 1.52 bits per heavy atom. The molecular formula is C32H31F2N5O3. The summed E-state index contributed by atoms with van der Waals surface area (Å²) in [5.74, 6) is -1.31. The molecule has 1 atom stereocenters. The third kappa shape index (κ3) is 5.24. The summed E-state index contributed by atoms with van der Waals surface area (Å²) in [5.41, 5.74) is 6.74. The van der Waals surface area contributed by atoms with Gasteiger partial charge in [0.15, 0.2) is 0 Å². The van der Waals surface area contributed by atoms with E-state index < -0.39 is 29.7 Å². The van der Waals surface area contributed by atoms with Crippen LogP contribution in [0.15, 0.2) is 77.8 Å². The van der Waals surface area contributed by atoms with Gasteiger partial charge in [-0.1, -0.05) is 36.4 Å². The number of nitrogens with two attached hydrogens (primary N) is 1. The summed E-state index contributed by atoms with van der Waals surface area (Å²) < 4.78 is 29.5. The van der Waals surface area contributed by atoms with Crippen molar-refractivity contribution in [1.82, 2.24) is 4.90 Å². The molecule has 8 nitrogen and oxygen atoms in total. The van der Waals surface area contributed by atoms with E-state index in [4.69, 9.17) is 5.73 Å². The number of para-hydroxylation sites is 1. The highest BCUT2D eigenvalue weighted by atomic mass is 19.1. The highest BCUT2D eigenvalue weighted by Gasteiger charge is 2.40. The Morgan fingerprint density at radius 1 is 0.881 bits per heavy atom. The second-order valence-corrected chi connectivity index (χ2v) is 11.1. The van der Waals surface area contributed by atoms with E-state index >= 15 is 4.39 Å². The highest BCUT2D eigenvalue weighted by molar-refractivity contribution is 6.22. The van der Waals surface area contributed by atoms with E-state index in [1.54, 1.807) is 30.3 Å². The maximum absolute atomic E-state index is 15.2. The molecule has 216 valence electrons. The Bertz CT molecular complexity index is 1550. The minimum atomic E-state index is -1.64. The van der Waals surface area contributed by atoms with Crippen molar-refractivity contribution in [3.63, 3.8) is 0 Å². The fraction of sp³-hybridized carbons (Fsp3) is 0.312. The number of hydrogen-bond acceptors (Lipinski definition) is 4. The average Bonchev–Trinajstić information content (AvgIpc) is 3.37. The Labute approximate surface area is 242 Å². The highest BCUT2D eigenvalue weighted by Crippen LogP contribution is 2.35. The number of benzodiazepines with no additional fused rings is 1. The van der Waals surface area contributed by atoms with E-state index in [9.17, 15) is 18.8 Å². The molecule has 2 saturated heterocycles. The number of carbonyl (C=O) groups excluding carboxylic acids is 3. The fourth-order valence-electron chi connectivity index (χ4n) is 6.36. The van der Waals surface area contributed by atoms with Gasteiger partial charge in [-0.15, -0.1) is 0 Å². The number of rotatable bonds is 5. The van der Waals surface area contributed by atoms with Gasteiger partial charge in [0, 0.05) is 24.2 Å². The van der Waals surface area contributed by atoms with Crippen LogP contribution in [0.4, 0.5) is 25.0 Å². The van der Waals surface area contributed by atoms with Crippen LogP contribution < -0.4 is 15.5 Å². The zero-order chi connectivity index (χ0) is 29.4. The molecule has 0 unspecified atom stereocenters. The molecule has 3 aromatic rings. The molecule has 3 fully saturated rings. The minimum absolute atomic E-state index is 0.00110. The van der Waals surface area contributed by atoms with Gasteiger partial charge in [-0.2, -0.15) is 0 Å². The Kier molecular flexibility index (Phi) is 7.45. The van der Waals surface area contributed by atoms with Crippen molar-refractivity contribution in [2.45, 2.75) is 31.8 Å². The van der Waals surface area contributed by atoms with E-state index in [-0.39, 0.29) is 29.4 Å². The monoisotopic (exact) mass is 571 g/mol. The largest absolute Gasteiger partial charge is 0.351 e. The summed E-state index contributed by atoms with van der Waals surface area (Å²) in [6.07, 6.45) is 2.71. The lowest BCUT2D eigenvalue weighted by atomic mass is 9.84. The normalized spacial score (nSPS) is 21.7. The minimum Gasteiger partial charge on any atom is -0.351 e. The van der Waals surface area contributed by atoms with Crippen molar-refractivity contribution in [3.05, 3.63) is 95.6 Å². The van der Waals surface area contributed by atoms with Crippen LogP contribution in [0.25, 0.3) is 0 Å². The van der Waals surface area contributed by atoms with Gasteiger partial charge in [-0.05, 0) is 73.9 Å². The number of carbonyl (C=O) groups is 3. The summed E-state index contributed by atoms with van der Waals surface area (Å²) in [7, 11) is 0. The Morgan fingerprint density at radius 3 is 2.17 bits per heavy atom. The molecule has 2 N–H and O–H groups in total. The van der Waals surface area contributed by atoms with Gasteiger partial charge >= 0.3 is 6.03 Å². The molecule has 1 aliphatic carbocycles. The van der Waals surface area contributed by atoms with Crippen LogP contribution in [0.5, 0.6) is 0 Å². The van der Waals surface area contributed by atoms with Crippen LogP contribution in [0, 0.1) is 23.5 Å². The van der Waals surface area contributed by atoms with E-state index in [0.29, 0.717) is 36.2 Å². The molecule has 4 aliphatic rings. The van der Waals surface area contributed by atoms with Gasteiger partial charge in [0.05, 0.1) is 17.1 Å². The molecule has 7 rings (SSSR count). The SMILES string of the molecule is NC(=O)N(c1cccc(F)c1)[C@H]1N=C(c2ccccc2F)c2ccccc2N(CC(=O)N2CC3CCC(CC3)C2)C1=O. The zero-order valence-corrected chi connectivity index (χ0v) is 23.0. The third-order valence-corrected chi connectivity index (χ3v) is 8.46. The van der Waals surface area contributed by atoms with E-state index in [1.807, 2.05) is 4.90 Å². The van der Waals surface area contributed by atoms with E-state index in [2.05, 4.69) is 4.99 Å². The van der Waals surface area contributed by atoms with Gasteiger partial charge < -0.3 is 10.6 Å². The second-order valence-electron chi connectivity index (χ2n) is 11.1. The number of halogens is 2.